The Morgan fingerprint density at radius 3 is 2.38 bits per heavy atom. The summed E-state index contributed by atoms with van der Waals surface area (Å²) < 4.78 is 11.4. The maximum absolute atomic E-state index is 14.5. The van der Waals surface area contributed by atoms with Gasteiger partial charge in [0.25, 0.3) is 0 Å². The van der Waals surface area contributed by atoms with Crippen molar-refractivity contribution in [2.75, 3.05) is 20.3 Å². The minimum atomic E-state index is -0.808. The number of likely N-dealkylation sites (N-methyl/N-ethyl adjacent to an activating group) is 1. The quantitative estimate of drug-likeness (QED) is 0.222. The van der Waals surface area contributed by atoms with E-state index >= 15 is 0 Å². The Labute approximate surface area is 255 Å². The highest BCUT2D eigenvalue weighted by Crippen LogP contribution is 2.31. The molecule has 0 bridgehead atoms. The molecule has 0 aliphatic carbocycles. The zero-order chi connectivity index (χ0) is 31.6. The first-order valence-corrected chi connectivity index (χ1v) is 16.2. The molecule has 1 aromatic heterocycles. The van der Waals surface area contributed by atoms with Crippen molar-refractivity contribution in [3.05, 3.63) is 16.1 Å². The number of carbonyl (C=O) groups is 4. The molecule has 1 fully saturated rings. The Morgan fingerprint density at radius 2 is 1.86 bits per heavy atom. The van der Waals surface area contributed by atoms with Gasteiger partial charge < -0.3 is 19.7 Å². The van der Waals surface area contributed by atoms with Crippen molar-refractivity contribution in [1.82, 2.24) is 20.1 Å². The first kappa shape index (κ1) is 35.7. The number of esters is 2. The molecule has 0 spiro atoms. The summed E-state index contributed by atoms with van der Waals surface area (Å²) in [5.41, 5.74) is 0.816. The van der Waals surface area contributed by atoms with Gasteiger partial charge in [-0.1, -0.05) is 54.4 Å². The Morgan fingerprint density at radius 1 is 1.17 bits per heavy atom. The average molecular weight is 609 g/mol. The van der Waals surface area contributed by atoms with E-state index < -0.39 is 30.1 Å². The number of hydrogen-bond acceptors (Lipinski definition) is 9. The number of aryl methyl sites for hydroxylation is 1. The number of aromatic nitrogens is 1. The van der Waals surface area contributed by atoms with Crippen LogP contribution in [0.3, 0.4) is 0 Å². The topological polar surface area (TPSA) is 118 Å². The van der Waals surface area contributed by atoms with Gasteiger partial charge in [0.2, 0.25) is 11.8 Å². The van der Waals surface area contributed by atoms with E-state index in [0.29, 0.717) is 11.4 Å². The number of piperidine rings is 1. The number of carbonyl (C=O) groups excluding carboxylic acids is 4. The molecule has 1 N–H and O–H groups in total. The highest BCUT2D eigenvalue weighted by atomic mass is 32.1. The summed E-state index contributed by atoms with van der Waals surface area (Å²) in [5.74, 6) is -1.47. The molecule has 1 aromatic rings. The molecule has 5 unspecified atom stereocenters. The van der Waals surface area contributed by atoms with Gasteiger partial charge in [0, 0.05) is 36.9 Å². The molecule has 0 radical (unpaired) electrons. The predicted octanol–water partition coefficient (Wildman–Crippen LogP) is 4.86. The number of nitrogens with one attached hydrogen (secondary N) is 1. The largest absolute Gasteiger partial charge is 0.455 e. The van der Waals surface area contributed by atoms with Gasteiger partial charge in [-0.15, -0.1) is 11.3 Å². The molecule has 1 aliphatic rings. The van der Waals surface area contributed by atoms with Crippen LogP contribution >= 0.6 is 11.3 Å². The minimum absolute atomic E-state index is 0.0883. The third-order valence-corrected chi connectivity index (χ3v) is 8.97. The first-order chi connectivity index (χ1) is 19.7. The lowest BCUT2D eigenvalue weighted by Crippen LogP contribution is -2.59. The van der Waals surface area contributed by atoms with Gasteiger partial charge in [0.1, 0.15) is 11.0 Å². The number of thiazole rings is 1. The maximum atomic E-state index is 14.5. The SMILES string of the molecule is CCC(C)C(NC(=O)C1CCCCN1C)C(=O)N(COC(=O)CC(C)C)C(CC(OC(C)=O)c1nc(C)cs1)C(C)C. The predicted molar refractivity (Wildman–Crippen MR) is 164 cm³/mol. The summed E-state index contributed by atoms with van der Waals surface area (Å²) in [6.45, 7) is 15.5. The van der Waals surface area contributed by atoms with Crippen molar-refractivity contribution in [3.63, 3.8) is 0 Å². The summed E-state index contributed by atoms with van der Waals surface area (Å²) in [7, 11) is 1.94. The number of rotatable bonds is 15. The summed E-state index contributed by atoms with van der Waals surface area (Å²) in [4.78, 5) is 60.8. The second-order valence-electron chi connectivity index (χ2n) is 12.4. The first-order valence-electron chi connectivity index (χ1n) is 15.3. The number of nitrogens with zero attached hydrogens (tertiary/aromatic N) is 3. The van der Waals surface area contributed by atoms with Gasteiger partial charge in [-0.2, -0.15) is 0 Å². The maximum Gasteiger partial charge on any atom is 0.307 e. The highest BCUT2D eigenvalue weighted by molar-refractivity contribution is 7.09. The molecule has 1 aliphatic heterocycles. The van der Waals surface area contributed by atoms with E-state index in [1.165, 1.54) is 18.3 Å². The highest BCUT2D eigenvalue weighted by Gasteiger charge is 2.39. The van der Waals surface area contributed by atoms with Crippen LogP contribution in [0.4, 0.5) is 0 Å². The van der Waals surface area contributed by atoms with Crippen molar-refractivity contribution < 1.29 is 28.7 Å². The lowest BCUT2D eigenvalue weighted by molar-refractivity contribution is -0.160. The Kier molecular flexibility index (Phi) is 14.4. The molecule has 1 saturated heterocycles. The van der Waals surface area contributed by atoms with E-state index in [-0.39, 0.29) is 55.2 Å². The van der Waals surface area contributed by atoms with Crippen molar-refractivity contribution in [1.29, 1.82) is 0 Å². The molecular formula is C31H52N4O6S. The van der Waals surface area contributed by atoms with Gasteiger partial charge >= 0.3 is 11.9 Å². The molecular weight excluding hydrogens is 556 g/mol. The minimum Gasteiger partial charge on any atom is -0.455 e. The summed E-state index contributed by atoms with van der Waals surface area (Å²) >= 11 is 1.40. The zero-order valence-corrected chi connectivity index (χ0v) is 27.8. The Bertz CT molecular complexity index is 1040. The van der Waals surface area contributed by atoms with Crippen LogP contribution in [0.5, 0.6) is 0 Å². The monoisotopic (exact) mass is 608 g/mol. The Hall–Kier alpha value is -2.53. The summed E-state index contributed by atoms with van der Waals surface area (Å²) in [6, 6.07) is -1.58. The molecule has 0 saturated carbocycles. The normalized spacial score (nSPS) is 18.7. The number of ether oxygens (including phenoxy) is 2. The second-order valence-corrected chi connectivity index (χ2v) is 13.3. The summed E-state index contributed by atoms with van der Waals surface area (Å²) in [5, 5.41) is 5.61. The lowest BCUT2D eigenvalue weighted by atomic mass is 9.92. The van der Waals surface area contributed by atoms with Crippen LogP contribution in [0, 0.1) is 24.7 Å². The van der Waals surface area contributed by atoms with Crippen molar-refractivity contribution in [2.24, 2.45) is 17.8 Å². The van der Waals surface area contributed by atoms with Gasteiger partial charge in [0.15, 0.2) is 12.8 Å². The number of likely N-dealkylation sites (tertiary alicyclic amines) is 1. The molecule has 2 heterocycles. The van der Waals surface area contributed by atoms with Gasteiger partial charge in [-0.3, -0.25) is 24.1 Å². The van der Waals surface area contributed by atoms with Gasteiger partial charge in [-0.05, 0) is 51.1 Å². The van der Waals surface area contributed by atoms with E-state index in [1.54, 1.807) is 4.90 Å². The zero-order valence-electron chi connectivity index (χ0n) is 27.0. The van der Waals surface area contributed by atoms with Crippen LogP contribution in [0.25, 0.3) is 0 Å². The number of amides is 2. The van der Waals surface area contributed by atoms with Gasteiger partial charge in [-0.25, -0.2) is 4.98 Å². The molecule has 238 valence electrons. The van der Waals surface area contributed by atoms with Crippen LogP contribution in [-0.2, 0) is 28.7 Å². The lowest BCUT2D eigenvalue weighted by Gasteiger charge is -2.39. The Balaban J connectivity index is 2.45. The average Bonchev–Trinajstić information content (AvgIpc) is 3.35. The van der Waals surface area contributed by atoms with Crippen molar-refractivity contribution in [3.8, 4) is 0 Å². The molecule has 5 atom stereocenters. The van der Waals surface area contributed by atoms with Crippen molar-refractivity contribution in [2.45, 2.75) is 118 Å². The molecule has 2 rings (SSSR count). The fraction of sp³-hybridized carbons (Fsp3) is 0.774. The molecule has 2 amide bonds. The van der Waals surface area contributed by atoms with E-state index in [2.05, 4.69) is 10.3 Å². The summed E-state index contributed by atoms with van der Waals surface area (Å²) in [6.07, 6.45) is 3.23. The third-order valence-electron chi connectivity index (χ3n) is 7.92. The fourth-order valence-electron chi connectivity index (χ4n) is 5.27. The van der Waals surface area contributed by atoms with E-state index in [4.69, 9.17) is 9.47 Å². The molecule has 42 heavy (non-hydrogen) atoms. The van der Waals surface area contributed by atoms with Gasteiger partial charge in [0.05, 0.1) is 6.04 Å². The molecule has 0 aromatic carbocycles. The standard InChI is InChI=1S/C31H52N4O6S/c1-10-21(6)28(33-29(38)24-13-11-12-14-34(24)9)31(39)35(18-40-27(37)15-19(2)3)25(20(4)5)16-26(41-23(8)36)30-32-22(7)17-42-30/h17,19-21,24-26,28H,10-16,18H2,1-9H3,(H,33,38). The molecule has 10 nitrogen and oxygen atoms in total. The van der Waals surface area contributed by atoms with Crippen LogP contribution < -0.4 is 5.32 Å². The fourth-order valence-corrected chi connectivity index (χ4v) is 6.11. The second kappa shape index (κ2) is 16.9. The van der Waals surface area contributed by atoms with E-state index in [1.807, 2.05) is 65.8 Å². The van der Waals surface area contributed by atoms with Crippen molar-refractivity contribution >= 4 is 35.1 Å². The number of hydrogen-bond donors (Lipinski definition) is 1. The van der Waals surface area contributed by atoms with Crippen LogP contribution in [0.1, 0.15) is 104 Å². The smallest absolute Gasteiger partial charge is 0.307 e. The van der Waals surface area contributed by atoms with Crippen LogP contribution in [0.2, 0.25) is 0 Å². The van der Waals surface area contributed by atoms with Crippen LogP contribution in [0.15, 0.2) is 5.38 Å². The molecule has 11 heteroatoms. The van der Waals surface area contributed by atoms with E-state index in [0.717, 1.165) is 31.5 Å². The third kappa shape index (κ3) is 10.6. The van der Waals surface area contributed by atoms with Crippen LogP contribution in [-0.4, -0.2) is 77.0 Å². The van der Waals surface area contributed by atoms with E-state index in [9.17, 15) is 19.2 Å².